The summed E-state index contributed by atoms with van der Waals surface area (Å²) in [6, 6.07) is 24.3. The molecule has 0 atom stereocenters. The molecule has 1 heterocycles. The van der Waals surface area contributed by atoms with Crippen LogP contribution >= 0.6 is 11.6 Å². The summed E-state index contributed by atoms with van der Waals surface area (Å²) >= 11 is 5.92. The van der Waals surface area contributed by atoms with E-state index in [-0.39, 0.29) is 5.70 Å². The second-order valence-corrected chi connectivity index (χ2v) is 7.27. The van der Waals surface area contributed by atoms with Crippen molar-refractivity contribution in [3.05, 3.63) is 95.1 Å². The smallest absolute Gasteiger partial charge is 0.302 e. The summed E-state index contributed by atoms with van der Waals surface area (Å²) in [7, 11) is 0. The molecule has 4 aromatic carbocycles. The van der Waals surface area contributed by atoms with Gasteiger partial charge in [0.05, 0.1) is 5.69 Å². The number of fused-ring (bicyclic) bond motifs is 2. The Kier molecular flexibility index (Phi) is 4.07. The predicted molar refractivity (Wildman–Crippen MR) is 117 cm³/mol. The Morgan fingerprint density at radius 1 is 0.793 bits per heavy atom. The molecule has 29 heavy (non-hydrogen) atoms. The average molecular weight is 399 g/mol. The predicted octanol–water partition coefficient (Wildman–Crippen LogP) is 5.74. The molecule has 1 aliphatic rings. The molecule has 1 aliphatic heterocycles. The minimum absolute atomic E-state index is 0.242. The van der Waals surface area contributed by atoms with E-state index in [1.165, 1.54) is 0 Å². The number of hydrogen-bond donors (Lipinski definition) is 1. The summed E-state index contributed by atoms with van der Waals surface area (Å²) in [6.45, 7) is 0. The number of benzene rings is 4. The molecule has 0 aliphatic carbocycles. The van der Waals surface area contributed by atoms with Crippen LogP contribution in [0.5, 0.6) is 0 Å². The fourth-order valence-electron chi connectivity index (χ4n) is 3.71. The van der Waals surface area contributed by atoms with Crippen molar-refractivity contribution in [2.75, 3.05) is 4.90 Å². The lowest BCUT2D eigenvalue weighted by atomic mass is 9.96. The van der Waals surface area contributed by atoms with Crippen LogP contribution in [0.15, 0.2) is 84.6 Å². The van der Waals surface area contributed by atoms with Gasteiger partial charge in [-0.3, -0.25) is 4.79 Å². The minimum Gasteiger partial charge on any atom is -0.302 e. The molecule has 140 valence electrons. The van der Waals surface area contributed by atoms with Crippen molar-refractivity contribution in [1.82, 2.24) is 5.32 Å². The molecule has 0 spiro atoms. The number of urea groups is 1. The normalized spacial score (nSPS) is 15.5. The van der Waals surface area contributed by atoms with Gasteiger partial charge in [0.2, 0.25) is 0 Å². The van der Waals surface area contributed by atoms with Crippen LogP contribution < -0.4 is 10.2 Å². The second-order valence-electron chi connectivity index (χ2n) is 6.84. The molecule has 0 radical (unpaired) electrons. The van der Waals surface area contributed by atoms with Gasteiger partial charge in [-0.15, -0.1) is 0 Å². The van der Waals surface area contributed by atoms with Crippen LogP contribution in [0.25, 0.3) is 27.6 Å². The van der Waals surface area contributed by atoms with E-state index in [2.05, 4.69) is 11.4 Å². The van der Waals surface area contributed by atoms with Crippen LogP contribution in [-0.4, -0.2) is 11.9 Å². The zero-order valence-corrected chi connectivity index (χ0v) is 16.0. The first kappa shape index (κ1) is 17.5. The number of anilines is 1. The van der Waals surface area contributed by atoms with E-state index in [0.717, 1.165) is 32.0 Å². The summed E-state index contributed by atoms with van der Waals surface area (Å²) in [4.78, 5) is 26.7. The Morgan fingerprint density at radius 2 is 1.38 bits per heavy atom. The Balaban J connectivity index is 1.67. The van der Waals surface area contributed by atoms with Gasteiger partial charge in [0.25, 0.3) is 5.91 Å². The maximum Gasteiger partial charge on any atom is 0.333 e. The van der Waals surface area contributed by atoms with Crippen LogP contribution in [-0.2, 0) is 4.79 Å². The van der Waals surface area contributed by atoms with Gasteiger partial charge < -0.3 is 5.32 Å². The van der Waals surface area contributed by atoms with Crippen molar-refractivity contribution in [3.63, 3.8) is 0 Å². The molecule has 3 amide bonds. The third-order valence-corrected chi connectivity index (χ3v) is 5.32. The number of nitrogens with one attached hydrogen (secondary N) is 1. The third-order valence-electron chi connectivity index (χ3n) is 5.06. The third kappa shape index (κ3) is 2.94. The lowest BCUT2D eigenvalue weighted by Gasteiger charge is -2.11. The summed E-state index contributed by atoms with van der Waals surface area (Å²) in [5.41, 5.74) is 1.62. The first-order chi connectivity index (χ1) is 14.1. The van der Waals surface area contributed by atoms with E-state index < -0.39 is 11.9 Å². The summed E-state index contributed by atoms with van der Waals surface area (Å²) < 4.78 is 0. The zero-order valence-electron chi connectivity index (χ0n) is 15.2. The van der Waals surface area contributed by atoms with Crippen molar-refractivity contribution < 1.29 is 9.59 Å². The van der Waals surface area contributed by atoms with Gasteiger partial charge in [0.15, 0.2) is 0 Å². The fraction of sp³-hybridized carbons (Fsp3) is 0. The molecule has 1 fully saturated rings. The lowest BCUT2D eigenvalue weighted by molar-refractivity contribution is -0.113. The number of carbonyl (C=O) groups is 2. The first-order valence-electron chi connectivity index (χ1n) is 9.15. The van der Waals surface area contributed by atoms with Crippen LogP contribution in [0, 0.1) is 0 Å². The molecule has 5 rings (SSSR count). The molecule has 0 saturated carbocycles. The summed E-state index contributed by atoms with van der Waals surface area (Å²) in [6.07, 6.45) is 1.76. The molecule has 0 aromatic heterocycles. The van der Waals surface area contributed by atoms with Crippen molar-refractivity contribution in [1.29, 1.82) is 0 Å². The molecule has 4 aromatic rings. The largest absolute Gasteiger partial charge is 0.333 e. The van der Waals surface area contributed by atoms with Crippen molar-refractivity contribution >= 4 is 56.8 Å². The van der Waals surface area contributed by atoms with E-state index in [4.69, 9.17) is 11.6 Å². The molecule has 0 bridgehead atoms. The monoisotopic (exact) mass is 398 g/mol. The van der Waals surface area contributed by atoms with E-state index in [9.17, 15) is 9.59 Å². The number of nitrogens with zero attached hydrogens (tertiary/aromatic N) is 1. The van der Waals surface area contributed by atoms with Gasteiger partial charge in [0, 0.05) is 5.02 Å². The molecule has 4 nitrogen and oxygen atoms in total. The Labute approximate surface area is 172 Å². The van der Waals surface area contributed by atoms with Crippen LogP contribution in [0.2, 0.25) is 5.02 Å². The SMILES string of the molecule is O=C1NC(=Cc2c3ccccc3cc3ccccc23)C(=O)N1c1ccc(Cl)cc1. The zero-order chi connectivity index (χ0) is 20.0. The molecule has 1 N–H and O–H groups in total. The Morgan fingerprint density at radius 3 is 2.00 bits per heavy atom. The molecular weight excluding hydrogens is 384 g/mol. The van der Waals surface area contributed by atoms with Crippen LogP contribution in [0.1, 0.15) is 5.56 Å². The van der Waals surface area contributed by atoms with Gasteiger partial charge in [-0.1, -0.05) is 60.1 Å². The van der Waals surface area contributed by atoms with Crippen molar-refractivity contribution in [2.24, 2.45) is 0 Å². The van der Waals surface area contributed by atoms with Gasteiger partial charge in [-0.2, -0.15) is 0 Å². The average Bonchev–Trinajstić information content (AvgIpc) is 3.01. The number of rotatable bonds is 2. The topological polar surface area (TPSA) is 49.4 Å². The first-order valence-corrected chi connectivity index (χ1v) is 9.53. The number of halogens is 1. The van der Waals surface area contributed by atoms with E-state index in [1.807, 2.05) is 48.5 Å². The summed E-state index contributed by atoms with van der Waals surface area (Å²) in [5.74, 6) is -0.394. The van der Waals surface area contributed by atoms with Crippen LogP contribution in [0.4, 0.5) is 10.5 Å². The summed E-state index contributed by atoms with van der Waals surface area (Å²) in [5, 5.41) is 7.44. The second kappa shape index (κ2) is 6.76. The van der Waals surface area contributed by atoms with Gasteiger partial charge in [0.1, 0.15) is 5.70 Å². The number of imide groups is 1. The quantitative estimate of drug-likeness (QED) is 0.266. The Bertz CT molecular complexity index is 1270. The number of carbonyl (C=O) groups excluding carboxylic acids is 2. The fourth-order valence-corrected chi connectivity index (χ4v) is 3.83. The number of hydrogen-bond acceptors (Lipinski definition) is 2. The van der Waals surface area contributed by atoms with Gasteiger partial charge >= 0.3 is 6.03 Å². The van der Waals surface area contributed by atoms with E-state index >= 15 is 0 Å². The highest BCUT2D eigenvalue weighted by Gasteiger charge is 2.35. The van der Waals surface area contributed by atoms with Gasteiger partial charge in [-0.25, -0.2) is 9.69 Å². The van der Waals surface area contributed by atoms with Gasteiger partial charge in [-0.05, 0) is 63.5 Å². The standard InChI is InChI=1S/C24H15ClN2O2/c25-17-9-11-18(12-10-17)27-23(28)22(26-24(27)29)14-21-19-7-3-1-5-15(19)13-16-6-2-4-8-20(16)21/h1-14H,(H,26,29). The highest BCUT2D eigenvalue weighted by atomic mass is 35.5. The van der Waals surface area contributed by atoms with E-state index in [1.54, 1.807) is 30.3 Å². The van der Waals surface area contributed by atoms with Crippen LogP contribution in [0.3, 0.4) is 0 Å². The highest BCUT2D eigenvalue weighted by Crippen LogP contribution is 2.31. The molecule has 5 heteroatoms. The minimum atomic E-state index is -0.479. The van der Waals surface area contributed by atoms with Crippen molar-refractivity contribution in [2.45, 2.75) is 0 Å². The highest BCUT2D eigenvalue weighted by molar-refractivity contribution is 6.31. The maximum absolute atomic E-state index is 13.0. The molecule has 1 saturated heterocycles. The molecular formula is C24H15ClN2O2. The van der Waals surface area contributed by atoms with Crippen molar-refractivity contribution in [3.8, 4) is 0 Å². The maximum atomic E-state index is 13.0. The Hall–Kier alpha value is -3.63. The molecule has 0 unspecified atom stereocenters. The number of amides is 3. The van der Waals surface area contributed by atoms with E-state index in [0.29, 0.717) is 10.7 Å². The lowest BCUT2D eigenvalue weighted by Crippen LogP contribution is -2.30.